The molecule has 0 aromatic heterocycles. The third-order valence-electron chi connectivity index (χ3n) is 4.91. The fourth-order valence-corrected chi connectivity index (χ4v) is 3.36. The summed E-state index contributed by atoms with van der Waals surface area (Å²) in [4.78, 5) is 0. The maximum Gasteiger partial charge on any atom is 0.119 e. The third-order valence-corrected chi connectivity index (χ3v) is 4.91. The average molecular weight is 290 g/mol. The number of hydrogen-bond acceptors (Lipinski definition) is 2. The molecule has 2 rings (SSSR count). The second-order valence-electron chi connectivity index (χ2n) is 6.41. The van der Waals surface area contributed by atoms with Crippen LogP contribution in [0.3, 0.4) is 0 Å². The minimum atomic E-state index is -0.377. The highest BCUT2D eigenvalue weighted by atomic mass is 16.5. The molecule has 1 aromatic carbocycles. The van der Waals surface area contributed by atoms with Crippen LogP contribution in [0, 0.1) is 11.8 Å². The Morgan fingerprint density at radius 1 is 1.14 bits per heavy atom. The Morgan fingerprint density at radius 3 is 2.52 bits per heavy atom. The molecule has 1 aliphatic rings. The molecule has 0 spiro atoms. The van der Waals surface area contributed by atoms with E-state index in [0.29, 0.717) is 11.8 Å². The second kappa shape index (κ2) is 8.43. The molecule has 2 nitrogen and oxygen atoms in total. The second-order valence-corrected chi connectivity index (χ2v) is 6.41. The fourth-order valence-electron chi connectivity index (χ4n) is 3.36. The number of aliphatic hydroxyl groups is 1. The van der Waals surface area contributed by atoms with E-state index in [1.54, 1.807) is 0 Å². The standard InChI is InChI=1S/C19H30O2/c1-3-16(4-2)19(20)17-11-8-12-18(13-17)21-14-15-9-6-5-7-10-15/h8,11-13,15-16,19-20H,3-7,9-10,14H2,1-2H3/t19-/m1/s1. The van der Waals surface area contributed by atoms with Gasteiger partial charge < -0.3 is 9.84 Å². The summed E-state index contributed by atoms with van der Waals surface area (Å²) in [5.41, 5.74) is 0.991. The first-order chi connectivity index (χ1) is 10.2. The highest BCUT2D eigenvalue weighted by molar-refractivity contribution is 5.30. The van der Waals surface area contributed by atoms with Crippen LogP contribution in [0.5, 0.6) is 5.75 Å². The van der Waals surface area contributed by atoms with Crippen molar-refractivity contribution in [1.82, 2.24) is 0 Å². The van der Waals surface area contributed by atoms with E-state index in [9.17, 15) is 5.11 Å². The van der Waals surface area contributed by atoms with Gasteiger partial charge in [-0.15, -0.1) is 0 Å². The zero-order valence-corrected chi connectivity index (χ0v) is 13.6. The SMILES string of the molecule is CCC(CC)[C@@H](O)c1cccc(OCC2CCCCC2)c1. The van der Waals surface area contributed by atoms with Crippen molar-refractivity contribution in [1.29, 1.82) is 0 Å². The van der Waals surface area contributed by atoms with Crippen LogP contribution in [0.25, 0.3) is 0 Å². The van der Waals surface area contributed by atoms with Crippen LogP contribution in [0.4, 0.5) is 0 Å². The highest BCUT2D eigenvalue weighted by Gasteiger charge is 2.18. The first kappa shape index (κ1) is 16.4. The quantitative estimate of drug-likeness (QED) is 0.755. The van der Waals surface area contributed by atoms with Gasteiger partial charge in [0.25, 0.3) is 0 Å². The van der Waals surface area contributed by atoms with E-state index >= 15 is 0 Å². The normalized spacial score (nSPS) is 17.9. The van der Waals surface area contributed by atoms with Crippen LogP contribution in [-0.2, 0) is 0 Å². The molecule has 1 saturated carbocycles. The Morgan fingerprint density at radius 2 is 1.86 bits per heavy atom. The zero-order valence-electron chi connectivity index (χ0n) is 13.6. The molecule has 0 aliphatic heterocycles. The molecule has 118 valence electrons. The predicted octanol–water partition coefficient (Wildman–Crippen LogP) is 5.12. The Labute approximate surface area is 129 Å². The van der Waals surface area contributed by atoms with E-state index in [1.807, 2.05) is 24.3 Å². The minimum absolute atomic E-state index is 0.332. The molecule has 1 N–H and O–H groups in total. The van der Waals surface area contributed by atoms with Gasteiger partial charge in [-0.1, -0.05) is 58.1 Å². The van der Waals surface area contributed by atoms with Crippen molar-refractivity contribution in [2.75, 3.05) is 6.61 Å². The number of hydrogen-bond donors (Lipinski definition) is 1. The van der Waals surface area contributed by atoms with Crippen LogP contribution >= 0.6 is 0 Å². The lowest BCUT2D eigenvalue weighted by Gasteiger charge is -2.23. The van der Waals surface area contributed by atoms with E-state index < -0.39 is 0 Å². The predicted molar refractivity (Wildman–Crippen MR) is 87.5 cm³/mol. The van der Waals surface area contributed by atoms with Gasteiger partial charge in [0.15, 0.2) is 0 Å². The average Bonchev–Trinajstić information content (AvgIpc) is 2.55. The number of benzene rings is 1. The molecule has 1 atom stereocenters. The van der Waals surface area contributed by atoms with Crippen molar-refractivity contribution >= 4 is 0 Å². The van der Waals surface area contributed by atoms with E-state index in [1.165, 1.54) is 32.1 Å². The van der Waals surface area contributed by atoms with Crippen molar-refractivity contribution in [3.05, 3.63) is 29.8 Å². The summed E-state index contributed by atoms with van der Waals surface area (Å²) >= 11 is 0. The summed E-state index contributed by atoms with van der Waals surface area (Å²) in [7, 11) is 0. The molecule has 1 aromatic rings. The highest BCUT2D eigenvalue weighted by Crippen LogP contribution is 2.30. The molecule has 1 fully saturated rings. The van der Waals surface area contributed by atoms with Crippen LogP contribution in [-0.4, -0.2) is 11.7 Å². The Balaban J connectivity index is 1.93. The first-order valence-electron chi connectivity index (χ1n) is 8.65. The lowest BCUT2D eigenvalue weighted by atomic mass is 9.90. The molecule has 1 aliphatic carbocycles. The van der Waals surface area contributed by atoms with Gasteiger partial charge in [0.05, 0.1) is 12.7 Å². The van der Waals surface area contributed by atoms with Gasteiger partial charge in [-0.05, 0) is 42.4 Å². The molecule has 0 saturated heterocycles. The Hall–Kier alpha value is -1.02. The Bertz CT molecular complexity index is 406. The van der Waals surface area contributed by atoms with Crippen molar-refractivity contribution < 1.29 is 9.84 Å². The Kier molecular flexibility index (Phi) is 6.56. The summed E-state index contributed by atoms with van der Waals surface area (Å²) in [5.74, 6) is 1.95. The molecule has 21 heavy (non-hydrogen) atoms. The van der Waals surface area contributed by atoms with Gasteiger partial charge >= 0.3 is 0 Å². The maximum absolute atomic E-state index is 10.5. The van der Waals surface area contributed by atoms with Crippen molar-refractivity contribution in [3.8, 4) is 5.75 Å². The van der Waals surface area contributed by atoms with E-state index in [4.69, 9.17) is 4.74 Å². The van der Waals surface area contributed by atoms with Gasteiger partial charge in [-0.3, -0.25) is 0 Å². The number of rotatable bonds is 7. The van der Waals surface area contributed by atoms with Gasteiger partial charge in [-0.2, -0.15) is 0 Å². The van der Waals surface area contributed by atoms with E-state index in [-0.39, 0.29) is 6.10 Å². The van der Waals surface area contributed by atoms with Crippen LogP contribution in [0.2, 0.25) is 0 Å². The molecule has 0 amide bonds. The summed E-state index contributed by atoms with van der Waals surface area (Å²) in [5, 5.41) is 10.5. The first-order valence-corrected chi connectivity index (χ1v) is 8.65. The maximum atomic E-state index is 10.5. The largest absolute Gasteiger partial charge is 0.493 e. The fraction of sp³-hybridized carbons (Fsp3) is 0.684. The lowest BCUT2D eigenvalue weighted by molar-refractivity contribution is 0.103. The van der Waals surface area contributed by atoms with Crippen LogP contribution < -0.4 is 4.74 Å². The molecule has 0 heterocycles. The van der Waals surface area contributed by atoms with Gasteiger partial charge in [-0.25, -0.2) is 0 Å². The van der Waals surface area contributed by atoms with Gasteiger partial charge in [0, 0.05) is 0 Å². The monoisotopic (exact) mass is 290 g/mol. The van der Waals surface area contributed by atoms with Crippen molar-refractivity contribution in [3.63, 3.8) is 0 Å². The van der Waals surface area contributed by atoms with Crippen LogP contribution in [0.1, 0.15) is 70.5 Å². The smallest absolute Gasteiger partial charge is 0.119 e. The molecule has 0 unspecified atom stereocenters. The summed E-state index contributed by atoms with van der Waals surface area (Å²) < 4.78 is 5.97. The third kappa shape index (κ3) is 4.74. The van der Waals surface area contributed by atoms with Gasteiger partial charge in [0.2, 0.25) is 0 Å². The van der Waals surface area contributed by atoms with Crippen molar-refractivity contribution in [2.45, 2.75) is 64.9 Å². The lowest BCUT2D eigenvalue weighted by Crippen LogP contribution is -2.15. The molecule has 2 heteroatoms. The van der Waals surface area contributed by atoms with Crippen molar-refractivity contribution in [2.24, 2.45) is 11.8 Å². The summed E-state index contributed by atoms with van der Waals surface area (Å²) in [6, 6.07) is 8.03. The summed E-state index contributed by atoms with van der Waals surface area (Å²) in [6.07, 6.45) is 8.32. The van der Waals surface area contributed by atoms with E-state index in [0.717, 1.165) is 30.8 Å². The molecular weight excluding hydrogens is 260 g/mol. The van der Waals surface area contributed by atoms with E-state index in [2.05, 4.69) is 13.8 Å². The molecular formula is C19H30O2. The van der Waals surface area contributed by atoms with Gasteiger partial charge in [0.1, 0.15) is 5.75 Å². The summed E-state index contributed by atoms with van der Waals surface area (Å²) in [6.45, 7) is 5.10. The zero-order chi connectivity index (χ0) is 15.1. The van der Waals surface area contributed by atoms with Crippen LogP contribution in [0.15, 0.2) is 24.3 Å². The molecule has 0 radical (unpaired) electrons. The molecule has 0 bridgehead atoms. The number of ether oxygens (including phenoxy) is 1. The topological polar surface area (TPSA) is 29.5 Å². The number of aliphatic hydroxyl groups excluding tert-OH is 1. The minimum Gasteiger partial charge on any atom is -0.493 e.